The maximum absolute atomic E-state index is 14.3. The van der Waals surface area contributed by atoms with Gasteiger partial charge in [-0.3, -0.25) is 9.78 Å². The van der Waals surface area contributed by atoms with Gasteiger partial charge in [-0.25, -0.2) is 8.42 Å². The van der Waals surface area contributed by atoms with Crippen LogP contribution in [-0.2, 0) is 20.4 Å². The van der Waals surface area contributed by atoms with E-state index in [0.717, 1.165) is 22.3 Å². The second kappa shape index (κ2) is 15.4. The first kappa shape index (κ1) is 35.6. The fraction of sp³-hybridized carbons (Fsp3) is 0.438. The Kier molecular flexibility index (Phi) is 12.4. The molecule has 1 amide bonds. The molecule has 5 N–H and O–H groups in total. The number of carbonyl (C=O) groups excluding carboxylic acids is 1. The Morgan fingerprint density at radius 2 is 1.77 bits per heavy atom. The lowest BCUT2D eigenvalue weighted by molar-refractivity contribution is -0.122. The Bertz CT molecular complexity index is 1530. The Balaban J connectivity index is 1.87. The van der Waals surface area contributed by atoms with Gasteiger partial charge in [0.2, 0.25) is 15.9 Å². The monoisotopic (exact) mass is 647 g/mol. The van der Waals surface area contributed by atoms with Crippen molar-refractivity contribution >= 4 is 27.5 Å². The lowest BCUT2D eigenvalue weighted by Crippen LogP contribution is -2.47. The molecule has 1 heterocycles. The Morgan fingerprint density at radius 1 is 1.07 bits per heavy atom. The molecule has 1 aromatic heterocycles. The van der Waals surface area contributed by atoms with Crippen LogP contribution in [0.3, 0.4) is 0 Å². The summed E-state index contributed by atoms with van der Waals surface area (Å²) in [5.74, 6) is -0.461. The van der Waals surface area contributed by atoms with Gasteiger partial charge >= 0.3 is 0 Å². The minimum Gasteiger partial charge on any atom is -0.396 e. The zero-order valence-corrected chi connectivity index (χ0v) is 27.0. The molecule has 0 saturated carbocycles. The van der Waals surface area contributed by atoms with Crippen molar-refractivity contribution in [1.82, 2.24) is 14.6 Å². The highest BCUT2D eigenvalue weighted by molar-refractivity contribution is 7.89. The predicted molar refractivity (Wildman–Crippen MR) is 169 cm³/mol. The average molecular weight is 648 g/mol. The van der Waals surface area contributed by atoms with Crippen LogP contribution in [0.15, 0.2) is 65.8 Å². The van der Waals surface area contributed by atoms with Crippen molar-refractivity contribution in [2.45, 2.75) is 75.7 Å². The van der Waals surface area contributed by atoms with Crippen molar-refractivity contribution in [3.63, 3.8) is 0 Å². The smallest absolute Gasteiger partial charge is 0.244 e. The van der Waals surface area contributed by atoms with Crippen LogP contribution in [-0.4, -0.2) is 82.0 Å². The van der Waals surface area contributed by atoms with Crippen molar-refractivity contribution in [3.05, 3.63) is 82.6 Å². The number of aliphatic hydroxyl groups is 4. The van der Waals surface area contributed by atoms with Gasteiger partial charge in [-0.15, -0.1) is 0 Å². The van der Waals surface area contributed by atoms with E-state index < -0.39 is 39.8 Å². The number of halogens is 1. The number of aromatic nitrogens is 1. The molecule has 12 heteroatoms. The molecule has 0 bridgehead atoms. The van der Waals surface area contributed by atoms with Gasteiger partial charge in [-0.05, 0) is 92.6 Å². The number of aliphatic hydroxyl groups excluding tert-OH is 4. The molecule has 0 spiro atoms. The molecule has 10 nitrogen and oxygen atoms in total. The third-order valence-corrected chi connectivity index (χ3v) is 10.4. The average Bonchev–Trinajstić information content (AvgIpc) is 2.99. The molecule has 0 aliphatic heterocycles. The van der Waals surface area contributed by atoms with Gasteiger partial charge in [0.1, 0.15) is 6.10 Å². The summed E-state index contributed by atoms with van der Waals surface area (Å²) in [6.45, 7) is 6.55. The molecular weight excluding hydrogens is 606 g/mol. The summed E-state index contributed by atoms with van der Waals surface area (Å²) >= 11 is 6.32. The van der Waals surface area contributed by atoms with Gasteiger partial charge in [0.15, 0.2) is 0 Å². The van der Waals surface area contributed by atoms with Gasteiger partial charge < -0.3 is 25.7 Å². The van der Waals surface area contributed by atoms with Gasteiger partial charge in [0.05, 0.1) is 22.6 Å². The third-order valence-electron chi connectivity index (χ3n) is 7.80. The summed E-state index contributed by atoms with van der Waals surface area (Å²) in [6, 6.07) is 14.3. The predicted octanol–water partition coefficient (Wildman–Crippen LogP) is 3.31. The molecule has 3 rings (SSSR count). The Labute approximate surface area is 264 Å². The lowest BCUT2D eigenvalue weighted by Gasteiger charge is -2.38. The van der Waals surface area contributed by atoms with Crippen LogP contribution >= 0.6 is 11.6 Å². The summed E-state index contributed by atoms with van der Waals surface area (Å²) in [7, 11) is -4.11. The van der Waals surface area contributed by atoms with E-state index in [1.165, 1.54) is 10.4 Å². The highest BCUT2D eigenvalue weighted by Crippen LogP contribution is 2.37. The standard InChI is InChI=1S/C32H42ClN3O7S/c1-21-19-34-15-13-25(21)23-8-5-9-24(18-23)32(3,4)36(44(42,43)29-11-6-10-26(33)22(29)2)16-7-12-30(40)35-20-28(39)31(41)27(38)14-17-37/h5-6,8-11,13,15,18-19,27-28,31,37-39,41H,7,12,14,16-17,20H2,1-4H3,(H,35,40)/t27-,28+,31+/m0/s1. The van der Waals surface area contributed by atoms with Crippen molar-refractivity contribution in [1.29, 1.82) is 0 Å². The van der Waals surface area contributed by atoms with E-state index in [9.17, 15) is 28.5 Å². The summed E-state index contributed by atoms with van der Waals surface area (Å²) < 4.78 is 29.9. The Morgan fingerprint density at radius 3 is 2.45 bits per heavy atom. The molecule has 0 unspecified atom stereocenters. The van der Waals surface area contributed by atoms with Gasteiger partial charge in [-0.1, -0.05) is 35.9 Å². The molecule has 2 aromatic carbocycles. The van der Waals surface area contributed by atoms with E-state index in [1.807, 2.05) is 51.1 Å². The number of hydrogen-bond acceptors (Lipinski definition) is 8. The van der Waals surface area contributed by atoms with E-state index in [1.54, 1.807) is 31.5 Å². The minimum absolute atomic E-state index is 0.00634. The number of pyridine rings is 1. The van der Waals surface area contributed by atoms with Crippen molar-refractivity contribution in [2.24, 2.45) is 0 Å². The van der Waals surface area contributed by atoms with Crippen LogP contribution in [0.5, 0.6) is 0 Å². The van der Waals surface area contributed by atoms with Crippen LogP contribution in [0.1, 0.15) is 49.8 Å². The fourth-order valence-electron chi connectivity index (χ4n) is 5.06. The number of aryl methyl sites for hydroxylation is 1. The highest BCUT2D eigenvalue weighted by atomic mass is 35.5. The maximum atomic E-state index is 14.3. The zero-order chi connectivity index (χ0) is 32.7. The number of hydrogen-bond donors (Lipinski definition) is 5. The van der Waals surface area contributed by atoms with E-state index in [4.69, 9.17) is 16.7 Å². The van der Waals surface area contributed by atoms with Crippen molar-refractivity contribution < 1.29 is 33.6 Å². The van der Waals surface area contributed by atoms with E-state index in [2.05, 4.69) is 10.3 Å². The zero-order valence-electron chi connectivity index (χ0n) is 25.4. The van der Waals surface area contributed by atoms with Gasteiger partial charge in [0, 0.05) is 43.5 Å². The summed E-state index contributed by atoms with van der Waals surface area (Å²) in [5.41, 5.74) is 2.99. The van der Waals surface area contributed by atoms with Crippen LogP contribution in [0.4, 0.5) is 0 Å². The number of benzene rings is 2. The van der Waals surface area contributed by atoms with Gasteiger partial charge in [-0.2, -0.15) is 4.31 Å². The third kappa shape index (κ3) is 8.42. The van der Waals surface area contributed by atoms with E-state index in [-0.39, 0.29) is 43.9 Å². The summed E-state index contributed by atoms with van der Waals surface area (Å²) in [4.78, 5) is 16.9. The molecule has 3 atom stereocenters. The molecule has 0 saturated heterocycles. The van der Waals surface area contributed by atoms with E-state index >= 15 is 0 Å². The quantitative estimate of drug-likeness (QED) is 0.168. The lowest BCUT2D eigenvalue weighted by atomic mass is 9.90. The SMILES string of the molecule is Cc1cnccc1-c1cccc(C(C)(C)N(CCCC(=O)NC[C@@H](O)[C@H](O)[C@@H](O)CCO)S(=O)(=O)c2cccc(Cl)c2C)c1. The largest absolute Gasteiger partial charge is 0.396 e. The van der Waals surface area contributed by atoms with Crippen LogP contribution in [0.2, 0.25) is 5.02 Å². The summed E-state index contributed by atoms with van der Waals surface area (Å²) in [6.07, 6.45) is -0.880. The second-order valence-electron chi connectivity index (χ2n) is 11.3. The fourth-order valence-corrected chi connectivity index (χ4v) is 7.36. The number of amides is 1. The first-order valence-electron chi connectivity index (χ1n) is 14.4. The van der Waals surface area contributed by atoms with Crippen LogP contribution in [0, 0.1) is 13.8 Å². The Hall–Kier alpha value is -2.90. The first-order chi connectivity index (χ1) is 20.7. The number of carbonyl (C=O) groups is 1. The highest BCUT2D eigenvalue weighted by Gasteiger charge is 2.39. The number of nitrogens with zero attached hydrogens (tertiary/aromatic N) is 2. The molecule has 0 fully saturated rings. The topological polar surface area (TPSA) is 160 Å². The van der Waals surface area contributed by atoms with E-state index in [0.29, 0.717) is 10.6 Å². The molecule has 44 heavy (non-hydrogen) atoms. The van der Waals surface area contributed by atoms with Crippen molar-refractivity contribution in [3.8, 4) is 11.1 Å². The first-order valence-corrected chi connectivity index (χ1v) is 16.2. The minimum atomic E-state index is -4.11. The molecule has 240 valence electrons. The number of sulfonamides is 1. The normalized spacial score (nSPS) is 14.3. The van der Waals surface area contributed by atoms with Crippen LogP contribution in [0.25, 0.3) is 11.1 Å². The molecule has 3 aromatic rings. The molecular formula is C32H42ClN3O7S. The molecule has 0 aliphatic rings. The van der Waals surface area contributed by atoms with Gasteiger partial charge in [0.25, 0.3) is 0 Å². The summed E-state index contributed by atoms with van der Waals surface area (Å²) in [5, 5.41) is 41.6. The van der Waals surface area contributed by atoms with Crippen molar-refractivity contribution in [2.75, 3.05) is 19.7 Å². The molecule has 0 aliphatic carbocycles. The maximum Gasteiger partial charge on any atom is 0.244 e. The second-order valence-corrected chi connectivity index (χ2v) is 13.6. The number of rotatable bonds is 15. The van der Waals surface area contributed by atoms with Crippen LogP contribution < -0.4 is 5.32 Å². The molecule has 0 radical (unpaired) electrons. The number of nitrogens with one attached hydrogen (secondary N) is 1.